The monoisotopic (exact) mass is 634 g/mol. The summed E-state index contributed by atoms with van der Waals surface area (Å²) in [6.45, 7) is 1.23. The summed E-state index contributed by atoms with van der Waals surface area (Å²) in [5.41, 5.74) is 0.915. The number of anilines is 1. The lowest BCUT2D eigenvalue weighted by Gasteiger charge is -2.34. The first-order valence-corrected chi connectivity index (χ1v) is 15.6. The molecule has 44 heavy (non-hydrogen) atoms. The molecule has 228 valence electrons. The first-order valence-electron chi connectivity index (χ1n) is 13.8. The highest BCUT2D eigenvalue weighted by Gasteiger charge is 2.35. The van der Waals surface area contributed by atoms with E-state index in [4.69, 9.17) is 11.6 Å². The van der Waals surface area contributed by atoms with Gasteiger partial charge in [0.05, 0.1) is 15.5 Å². The van der Waals surface area contributed by atoms with Gasteiger partial charge in [0.1, 0.15) is 12.6 Å². The van der Waals surface area contributed by atoms with Gasteiger partial charge in [-0.1, -0.05) is 84.4 Å². The van der Waals surface area contributed by atoms with Crippen LogP contribution < -0.4 is 9.62 Å². The molecule has 10 nitrogen and oxygen atoms in total. The third-order valence-electron chi connectivity index (χ3n) is 6.86. The summed E-state index contributed by atoms with van der Waals surface area (Å²) in [5, 5.41) is 14.7. The molecule has 4 aromatic rings. The zero-order chi connectivity index (χ0) is 31.7. The molecule has 0 radical (unpaired) electrons. The topological polar surface area (TPSA) is 130 Å². The van der Waals surface area contributed by atoms with Crippen molar-refractivity contribution >= 4 is 44.8 Å². The van der Waals surface area contributed by atoms with Crippen molar-refractivity contribution in [1.29, 1.82) is 0 Å². The molecule has 0 fully saturated rings. The summed E-state index contributed by atoms with van der Waals surface area (Å²) in [6.07, 6.45) is 0.144. The van der Waals surface area contributed by atoms with Crippen molar-refractivity contribution < 1.29 is 22.9 Å². The van der Waals surface area contributed by atoms with Crippen LogP contribution in [-0.2, 0) is 32.6 Å². The van der Waals surface area contributed by atoms with Crippen LogP contribution in [0.15, 0.2) is 114 Å². The minimum Gasteiger partial charge on any atom is -0.355 e. The number of carbonyl (C=O) groups is 2. The summed E-state index contributed by atoms with van der Waals surface area (Å²) in [4.78, 5) is 40.0. The Morgan fingerprint density at radius 1 is 0.909 bits per heavy atom. The number of sulfonamides is 1. The van der Waals surface area contributed by atoms with Crippen molar-refractivity contribution in [2.24, 2.45) is 0 Å². The normalized spacial score (nSPS) is 11.8. The van der Waals surface area contributed by atoms with Gasteiger partial charge in [-0.05, 0) is 42.3 Å². The SMILES string of the molecule is CCNC(=O)[C@H](Cc1ccccc1)N(Cc1ccccc1Cl)C(=O)CN(c1cccc([N+](=O)[O-])c1)S(=O)(=O)c1ccccc1. The number of non-ortho nitro benzene ring substituents is 1. The van der Waals surface area contributed by atoms with E-state index < -0.39 is 39.3 Å². The van der Waals surface area contributed by atoms with Gasteiger partial charge < -0.3 is 10.2 Å². The van der Waals surface area contributed by atoms with E-state index in [2.05, 4.69) is 5.32 Å². The van der Waals surface area contributed by atoms with Gasteiger partial charge in [0.15, 0.2) is 0 Å². The van der Waals surface area contributed by atoms with Crippen LogP contribution in [0.2, 0.25) is 5.02 Å². The number of benzene rings is 4. The average Bonchev–Trinajstić information content (AvgIpc) is 3.03. The number of hydrogen-bond acceptors (Lipinski definition) is 6. The van der Waals surface area contributed by atoms with Crippen LogP contribution in [0.5, 0.6) is 0 Å². The minimum absolute atomic E-state index is 0.0771. The van der Waals surface area contributed by atoms with E-state index in [1.165, 1.54) is 47.4 Å². The van der Waals surface area contributed by atoms with Gasteiger partial charge in [0, 0.05) is 36.7 Å². The molecule has 4 aromatic carbocycles. The first-order chi connectivity index (χ1) is 21.1. The van der Waals surface area contributed by atoms with Gasteiger partial charge in [-0.3, -0.25) is 24.0 Å². The van der Waals surface area contributed by atoms with Gasteiger partial charge in [0.25, 0.3) is 15.7 Å². The Balaban J connectivity index is 1.83. The molecule has 0 unspecified atom stereocenters. The van der Waals surface area contributed by atoms with Crippen molar-refractivity contribution in [2.45, 2.75) is 30.8 Å². The molecule has 1 atom stereocenters. The van der Waals surface area contributed by atoms with Crippen LogP contribution in [0.25, 0.3) is 0 Å². The van der Waals surface area contributed by atoms with Crippen LogP contribution in [0.1, 0.15) is 18.1 Å². The maximum atomic E-state index is 14.3. The molecule has 0 bridgehead atoms. The van der Waals surface area contributed by atoms with Crippen molar-refractivity contribution in [3.63, 3.8) is 0 Å². The summed E-state index contributed by atoms with van der Waals surface area (Å²) in [7, 11) is -4.38. The highest BCUT2D eigenvalue weighted by atomic mass is 35.5. The summed E-state index contributed by atoms with van der Waals surface area (Å²) in [6, 6.07) is 27.5. The van der Waals surface area contributed by atoms with Crippen LogP contribution in [0, 0.1) is 10.1 Å². The Labute approximate surface area is 261 Å². The molecule has 0 aliphatic rings. The number of nitro groups is 1. The number of carbonyl (C=O) groups excluding carboxylic acids is 2. The van der Waals surface area contributed by atoms with E-state index in [1.807, 2.05) is 30.3 Å². The second-order valence-electron chi connectivity index (χ2n) is 9.81. The number of hydrogen-bond donors (Lipinski definition) is 1. The van der Waals surface area contributed by atoms with E-state index in [9.17, 15) is 28.1 Å². The van der Waals surface area contributed by atoms with Gasteiger partial charge in [-0.15, -0.1) is 0 Å². The second-order valence-corrected chi connectivity index (χ2v) is 12.1. The van der Waals surface area contributed by atoms with Gasteiger partial charge in [0.2, 0.25) is 11.8 Å². The number of halogens is 1. The third kappa shape index (κ3) is 7.80. The van der Waals surface area contributed by atoms with Crippen LogP contribution in [0.4, 0.5) is 11.4 Å². The van der Waals surface area contributed by atoms with E-state index in [0.29, 0.717) is 17.1 Å². The fraction of sp³-hybridized carbons (Fsp3) is 0.188. The summed E-state index contributed by atoms with van der Waals surface area (Å²) in [5.74, 6) is -1.13. The van der Waals surface area contributed by atoms with Crippen molar-refractivity contribution in [3.8, 4) is 0 Å². The molecule has 0 saturated carbocycles. The third-order valence-corrected chi connectivity index (χ3v) is 9.02. The fourth-order valence-corrected chi connectivity index (χ4v) is 6.29. The highest BCUT2D eigenvalue weighted by Crippen LogP contribution is 2.28. The number of nitrogens with one attached hydrogen (secondary N) is 1. The zero-order valence-electron chi connectivity index (χ0n) is 23.9. The molecule has 0 aliphatic heterocycles. The largest absolute Gasteiger partial charge is 0.355 e. The Bertz CT molecular complexity index is 1720. The van der Waals surface area contributed by atoms with E-state index in [0.717, 1.165) is 15.9 Å². The smallest absolute Gasteiger partial charge is 0.271 e. The van der Waals surface area contributed by atoms with E-state index >= 15 is 0 Å². The number of amides is 2. The van der Waals surface area contributed by atoms with E-state index in [1.54, 1.807) is 37.3 Å². The summed E-state index contributed by atoms with van der Waals surface area (Å²) >= 11 is 6.47. The lowest BCUT2D eigenvalue weighted by atomic mass is 10.0. The Hall–Kier alpha value is -4.74. The molecule has 1 N–H and O–H groups in total. The highest BCUT2D eigenvalue weighted by molar-refractivity contribution is 7.92. The molecule has 0 aliphatic carbocycles. The molecule has 2 amide bonds. The zero-order valence-corrected chi connectivity index (χ0v) is 25.4. The van der Waals surface area contributed by atoms with Crippen molar-refractivity contribution in [1.82, 2.24) is 10.2 Å². The maximum absolute atomic E-state index is 14.3. The quantitative estimate of drug-likeness (QED) is 0.159. The van der Waals surface area contributed by atoms with Gasteiger partial charge in [-0.25, -0.2) is 8.42 Å². The molecule has 0 spiro atoms. The predicted octanol–water partition coefficient (Wildman–Crippen LogP) is 5.22. The molecular formula is C32H31ClN4O6S. The second kappa shape index (κ2) is 14.6. The minimum atomic E-state index is -4.38. The standard InChI is InChI=1S/C32H31ClN4O6S/c1-2-34-32(39)30(20-24-12-5-3-6-13-24)35(22-25-14-9-10-19-29(25)33)31(38)23-36(26-15-11-16-27(21-26)37(40)41)44(42,43)28-17-7-4-8-18-28/h3-19,21,30H,2,20,22-23H2,1H3,(H,34,39)/t30-/m0/s1. The van der Waals surface area contributed by atoms with Crippen LogP contribution in [0.3, 0.4) is 0 Å². The Kier molecular flexibility index (Phi) is 10.7. The fourth-order valence-electron chi connectivity index (χ4n) is 4.67. The van der Waals surface area contributed by atoms with Crippen LogP contribution in [-0.4, -0.2) is 49.2 Å². The van der Waals surface area contributed by atoms with Crippen molar-refractivity contribution in [3.05, 3.63) is 135 Å². The molecular weight excluding hydrogens is 604 g/mol. The molecule has 0 saturated heterocycles. The average molecular weight is 635 g/mol. The number of rotatable bonds is 13. The number of nitro benzene ring substituents is 1. The maximum Gasteiger partial charge on any atom is 0.271 e. The molecule has 0 heterocycles. The van der Waals surface area contributed by atoms with Crippen molar-refractivity contribution in [2.75, 3.05) is 17.4 Å². The molecule has 12 heteroatoms. The van der Waals surface area contributed by atoms with Gasteiger partial charge in [-0.2, -0.15) is 0 Å². The summed E-state index contributed by atoms with van der Waals surface area (Å²) < 4.78 is 28.8. The molecule has 0 aromatic heterocycles. The number of nitrogens with zero attached hydrogens (tertiary/aromatic N) is 3. The Morgan fingerprint density at radius 3 is 2.18 bits per heavy atom. The molecule has 4 rings (SSSR count). The first kappa shape index (κ1) is 32.2. The lowest BCUT2D eigenvalue weighted by molar-refractivity contribution is -0.384. The predicted molar refractivity (Wildman–Crippen MR) is 169 cm³/mol. The van der Waals surface area contributed by atoms with E-state index in [-0.39, 0.29) is 29.2 Å². The Morgan fingerprint density at radius 2 is 1.55 bits per heavy atom. The van der Waals surface area contributed by atoms with Crippen LogP contribution >= 0.6 is 11.6 Å². The number of likely N-dealkylation sites (N-methyl/N-ethyl adjacent to an activating group) is 1. The lowest BCUT2D eigenvalue weighted by Crippen LogP contribution is -2.53. The van der Waals surface area contributed by atoms with Gasteiger partial charge >= 0.3 is 0 Å².